The molecule has 4 fully saturated rings. The van der Waals surface area contributed by atoms with Crippen LogP contribution in [-0.4, -0.2) is 138 Å². The first-order chi connectivity index (χ1) is 46.0. The van der Waals surface area contributed by atoms with Gasteiger partial charge in [-0.25, -0.2) is 41.3 Å². The van der Waals surface area contributed by atoms with E-state index in [-0.39, 0.29) is 61.0 Å². The maximum atomic E-state index is 14.3. The molecule has 32 nitrogen and oxygen atoms in total. The predicted octanol–water partition coefficient (Wildman–Crippen LogP) is 7.84. The number of nitrogens with one attached hydrogen (secondary N) is 2. The van der Waals surface area contributed by atoms with Crippen molar-refractivity contribution in [2.24, 2.45) is 0 Å². The number of aromatic nitrogens is 6. The van der Waals surface area contributed by atoms with Gasteiger partial charge in [0.15, 0.2) is 37.1 Å². The van der Waals surface area contributed by atoms with Crippen LogP contribution in [0, 0.1) is 13.1 Å². The van der Waals surface area contributed by atoms with E-state index in [0.29, 0.717) is 22.4 Å². The van der Waals surface area contributed by atoms with Crippen LogP contribution in [-0.2, 0) is 84.8 Å². The predicted molar refractivity (Wildman–Crippen MR) is 336 cm³/mol. The highest BCUT2D eigenvalue weighted by molar-refractivity contribution is 7.52. The second-order valence-electron chi connectivity index (χ2n) is 22.6. The molecule has 2 aliphatic carbocycles. The number of hydrogen-bond acceptors (Lipinski definition) is 26. The molecule has 6 heterocycles. The number of nitrogens with two attached hydrogens (primary N) is 2. The molecule has 4 aliphatic rings. The molecule has 0 bridgehead atoms. The number of esters is 6. The van der Waals surface area contributed by atoms with Crippen LogP contribution in [0.3, 0.4) is 0 Å². The number of nitrogens with zero attached hydrogens (tertiary/aromatic N) is 8. The maximum Gasteiger partial charge on any atom is 0.459 e. The molecule has 0 amide bonds. The Balaban J connectivity index is 0.000000225. The van der Waals surface area contributed by atoms with Crippen molar-refractivity contribution < 1.29 is 93.9 Å². The topological polar surface area (TPSA) is 393 Å². The Hall–Kier alpha value is -9.10. The van der Waals surface area contributed by atoms with Gasteiger partial charge < -0.3 is 48.9 Å². The number of ether oxygens (including phenoxy) is 8. The fourth-order valence-corrected chi connectivity index (χ4v) is 13.2. The van der Waals surface area contributed by atoms with Crippen LogP contribution in [0.5, 0.6) is 11.5 Å². The van der Waals surface area contributed by atoms with Gasteiger partial charge in [0.2, 0.25) is 12.2 Å². The van der Waals surface area contributed by atoms with Gasteiger partial charge in [-0.3, -0.25) is 57.0 Å². The van der Waals surface area contributed by atoms with Gasteiger partial charge in [-0.1, -0.05) is 64.1 Å². The first-order valence-electron chi connectivity index (χ1n) is 31.0. The van der Waals surface area contributed by atoms with Gasteiger partial charge >= 0.3 is 62.8 Å². The zero-order valence-electron chi connectivity index (χ0n) is 53.3. The van der Waals surface area contributed by atoms with Crippen LogP contribution in [0.15, 0.2) is 97.6 Å². The van der Waals surface area contributed by atoms with E-state index in [9.17, 15) is 37.9 Å². The minimum absolute atomic E-state index is 0.0396. The Morgan fingerprint density at radius 1 is 0.562 bits per heavy atom. The third kappa shape index (κ3) is 16.4. The Morgan fingerprint density at radius 2 is 0.917 bits per heavy atom. The molecule has 10 rings (SSSR count). The van der Waals surface area contributed by atoms with Gasteiger partial charge in [0.05, 0.1) is 11.4 Å². The van der Waals surface area contributed by atoms with Crippen molar-refractivity contribution in [2.45, 2.75) is 178 Å². The quantitative estimate of drug-likeness (QED) is 0.0157. The summed E-state index contributed by atoms with van der Waals surface area (Å²) >= 11 is 0. The van der Waals surface area contributed by atoms with E-state index in [1.165, 1.54) is 59.8 Å². The Labute approximate surface area is 551 Å². The molecule has 0 spiro atoms. The van der Waals surface area contributed by atoms with E-state index in [1.54, 1.807) is 88.4 Å². The summed E-state index contributed by atoms with van der Waals surface area (Å²) < 4.78 is 101. The van der Waals surface area contributed by atoms with Crippen molar-refractivity contribution in [1.29, 1.82) is 0 Å². The number of nitrogen functional groups attached to an aromatic ring is 2. The zero-order chi connectivity index (χ0) is 69.0. The number of anilines is 2. The molecule has 512 valence electrons. The molecule has 96 heavy (non-hydrogen) atoms. The Morgan fingerprint density at radius 3 is 1.24 bits per heavy atom. The maximum absolute atomic E-state index is 14.3. The fourth-order valence-electron chi connectivity index (χ4n) is 10.2. The normalized spacial score (nSPS) is 24.1. The number of carbonyl (C=O) groups is 6. The lowest BCUT2D eigenvalue weighted by Gasteiger charge is -2.29. The average Bonchev–Trinajstić information content (AvgIpc) is 1.59. The van der Waals surface area contributed by atoms with Crippen LogP contribution in [0.4, 0.5) is 11.6 Å². The summed E-state index contributed by atoms with van der Waals surface area (Å²) in [6.07, 6.45) is -1.85. The Bertz CT molecular complexity index is 3710. The van der Waals surface area contributed by atoms with Gasteiger partial charge in [0.1, 0.15) is 71.7 Å². The summed E-state index contributed by atoms with van der Waals surface area (Å²) in [5.41, 5.74) is 9.00. The van der Waals surface area contributed by atoms with Crippen molar-refractivity contribution in [2.75, 3.05) is 24.7 Å². The first-order valence-corrected chi connectivity index (χ1v) is 34.1. The van der Waals surface area contributed by atoms with Crippen molar-refractivity contribution in [3.63, 3.8) is 0 Å². The Kier molecular flexibility index (Phi) is 23.1. The third-order valence-electron chi connectivity index (χ3n) is 15.8. The van der Waals surface area contributed by atoms with Crippen LogP contribution in [0.25, 0.3) is 20.7 Å². The molecule has 34 heteroatoms. The molecule has 2 saturated carbocycles. The molecule has 2 aromatic carbocycles. The van der Waals surface area contributed by atoms with Crippen molar-refractivity contribution >= 4 is 74.0 Å². The molecule has 4 aromatic heterocycles. The first kappa shape index (κ1) is 71.2. The molecule has 12 atom stereocenters. The second-order valence-corrected chi connectivity index (χ2v) is 26.0. The van der Waals surface area contributed by atoms with Crippen molar-refractivity contribution in [3.05, 3.63) is 132 Å². The second kappa shape index (κ2) is 31.2. The lowest BCUT2D eigenvalue weighted by atomic mass is 9.96. The lowest BCUT2D eigenvalue weighted by molar-refractivity contribution is -0.169. The molecule has 0 radical (unpaired) electrons. The lowest BCUT2D eigenvalue weighted by Crippen LogP contribution is -2.48. The summed E-state index contributed by atoms with van der Waals surface area (Å²) in [6, 6.07) is 20.2. The molecular formula is C62H74N12O20P2. The smallest absolute Gasteiger partial charge is 0.459 e. The van der Waals surface area contributed by atoms with Gasteiger partial charge in [-0.2, -0.15) is 20.4 Å². The molecule has 6 aromatic rings. The van der Waals surface area contributed by atoms with Crippen LogP contribution >= 0.6 is 15.5 Å². The molecule has 2 saturated heterocycles. The number of benzene rings is 2. The standard InChI is InChI=1S/2C31H37N6O10P/c2*1-5-24(38)44-27-26(22-15-16-23-29(32)34-18-35-37(22)23)46-31(33-4,28(27)45-25(39)6-2)17-42-48(41,47-21-11-8-7-9-12-21)36-19(3)30(40)43-20-13-10-14-20/h2*7-9,11-12,15-16,18-20,26-28H,5-6,10,13-14,17H2,1-3H3,(H,36,41)(H2,32,34,35)/t19-,26-,27-,28-,31+,48+;19-,26-,27-,28-,31+,48-/m00/s1. The molecular weight excluding hydrogens is 1290 g/mol. The monoisotopic (exact) mass is 1370 g/mol. The van der Waals surface area contributed by atoms with E-state index < -0.39 is 125 Å². The SMILES string of the molecule is [C-]#[N+][C@]1(CO[P@@](=O)(N[C@@H](C)C(=O)OC2CCC2)Oc2ccccc2)O[C@@H](c2ccc3c(N)ncnn23)[C@H](OC(=O)CC)[C@@H]1OC(=O)CC.[C-]#[N+][C@]1(CO[P@](=O)(N[C@@H](C)C(=O)OC2CCC2)Oc2ccccc2)O[C@@H](c2ccc3c(N)ncnn23)[C@H](OC(=O)CC)[C@@H]1OC(=O)CC. The summed E-state index contributed by atoms with van der Waals surface area (Å²) in [5, 5.41) is 13.7. The van der Waals surface area contributed by atoms with Gasteiger partial charge in [-0.05, 0) is 101 Å². The fraction of sp³-hybridized carbons (Fsp3) is 0.484. The number of para-hydroxylation sites is 2. The van der Waals surface area contributed by atoms with E-state index in [1.807, 2.05) is 0 Å². The number of hydrogen-bond donors (Lipinski definition) is 4. The van der Waals surface area contributed by atoms with E-state index >= 15 is 0 Å². The number of carbonyl (C=O) groups excluding carboxylic acids is 6. The van der Waals surface area contributed by atoms with Crippen molar-refractivity contribution in [3.8, 4) is 11.5 Å². The molecule has 6 N–H and O–H groups in total. The summed E-state index contributed by atoms with van der Waals surface area (Å²) in [4.78, 5) is 91.9. The largest absolute Gasteiger partial charge is 0.461 e. The minimum Gasteiger partial charge on any atom is -0.461 e. The summed E-state index contributed by atoms with van der Waals surface area (Å²) in [7, 11) is -9.01. The number of rotatable bonds is 28. The minimum atomic E-state index is -4.50. The highest BCUT2D eigenvalue weighted by atomic mass is 31.2. The van der Waals surface area contributed by atoms with E-state index in [2.05, 4.69) is 40.0 Å². The zero-order valence-corrected chi connectivity index (χ0v) is 55.1. The summed E-state index contributed by atoms with van der Waals surface area (Å²) in [5.74, 6) is -3.54. The molecule has 2 aliphatic heterocycles. The van der Waals surface area contributed by atoms with E-state index in [4.69, 9.17) is 80.6 Å². The van der Waals surface area contributed by atoms with Crippen molar-refractivity contribution in [1.82, 2.24) is 39.4 Å². The van der Waals surface area contributed by atoms with Gasteiger partial charge in [0, 0.05) is 25.7 Å². The molecule has 0 unspecified atom stereocenters. The van der Waals surface area contributed by atoms with Gasteiger partial charge in [0.25, 0.3) is 0 Å². The van der Waals surface area contributed by atoms with Crippen LogP contribution < -0.4 is 30.7 Å². The average molecular weight is 1370 g/mol. The highest BCUT2D eigenvalue weighted by Crippen LogP contribution is 2.53. The highest BCUT2D eigenvalue weighted by Gasteiger charge is 2.69. The van der Waals surface area contributed by atoms with Gasteiger partial charge in [-0.15, -0.1) is 0 Å². The van der Waals surface area contributed by atoms with Crippen LogP contribution in [0.2, 0.25) is 0 Å². The summed E-state index contributed by atoms with van der Waals surface area (Å²) in [6.45, 7) is 24.0. The van der Waals surface area contributed by atoms with Crippen LogP contribution in [0.1, 0.15) is 129 Å². The van der Waals surface area contributed by atoms with E-state index in [0.717, 1.165) is 38.5 Å². The number of fused-ring (bicyclic) bond motifs is 2. The third-order valence-corrected chi connectivity index (χ3v) is 19.1.